The van der Waals surface area contributed by atoms with E-state index in [1.54, 1.807) is 24.3 Å². The molecule has 1 atom stereocenters. The highest BCUT2D eigenvalue weighted by Gasteiger charge is 2.34. The van der Waals surface area contributed by atoms with Crippen LogP contribution in [-0.4, -0.2) is 44.3 Å². The molecule has 0 heterocycles. The molecule has 10 heteroatoms. The fourth-order valence-electron chi connectivity index (χ4n) is 4.31. The van der Waals surface area contributed by atoms with Crippen molar-refractivity contribution in [2.24, 2.45) is 0 Å². The Hall–Kier alpha value is -3.07. The largest absolute Gasteiger partial charge is 0.354 e. The van der Waals surface area contributed by atoms with Crippen LogP contribution in [0, 0.1) is 6.92 Å². The van der Waals surface area contributed by atoms with Gasteiger partial charge in [-0.2, -0.15) is 0 Å². The molecule has 3 aromatic carbocycles. The molecule has 0 unspecified atom stereocenters. The van der Waals surface area contributed by atoms with Gasteiger partial charge in [-0.15, -0.1) is 0 Å². The summed E-state index contributed by atoms with van der Waals surface area (Å²) in [5.41, 5.74) is 1.88. The van der Waals surface area contributed by atoms with Crippen molar-refractivity contribution in [3.8, 4) is 0 Å². The van der Waals surface area contributed by atoms with Crippen LogP contribution in [0.25, 0.3) is 0 Å². The number of unbranched alkanes of at least 4 members (excludes halogenated alkanes) is 1. The summed E-state index contributed by atoms with van der Waals surface area (Å²) in [6.07, 6.45) is 2.07. The summed E-state index contributed by atoms with van der Waals surface area (Å²) in [7, 11) is -4.23. The second-order valence-corrected chi connectivity index (χ2v) is 12.1. The van der Waals surface area contributed by atoms with Crippen LogP contribution < -0.4 is 9.62 Å². The van der Waals surface area contributed by atoms with Gasteiger partial charge in [0.1, 0.15) is 12.6 Å². The third-order valence-corrected chi connectivity index (χ3v) is 8.93. The van der Waals surface area contributed by atoms with Gasteiger partial charge in [-0.25, -0.2) is 8.42 Å². The van der Waals surface area contributed by atoms with Gasteiger partial charge in [-0.3, -0.25) is 13.9 Å². The first-order chi connectivity index (χ1) is 19.1. The van der Waals surface area contributed by atoms with Crippen molar-refractivity contribution in [1.82, 2.24) is 10.2 Å². The average Bonchev–Trinajstić information content (AvgIpc) is 2.94. The highest BCUT2D eigenvalue weighted by atomic mass is 35.5. The number of hydrogen-bond acceptors (Lipinski definition) is 4. The monoisotopic (exact) mass is 603 g/mol. The maximum Gasteiger partial charge on any atom is 0.264 e. The van der Waals surface area contributed by atoms with Crippen molar-refractivity contribution in [3.63, 3.8) is 0 Å². The van der Waals surface area contributed by atoms with Gasteiger partial charge in [0, 0.05) is 18.1 Å². The van der Waals surface area contributed by atoms with Gasteiger partial charge in [0.2, 0.25) is 11.8 Å². The third-order valence-electron chi connectivity index (χ3n) is 6.60. The molecule has 0 saturated carbocycles. The van der Waals surface area contributed by atoms with Crippen molar-refractivity contribution in [3.05, 3.63) is 94.0 Å². The number of amides is 2. The zero-order valence-electron chi connectivity index (χ0n) is 22.9. The van der Waals surface area contributed by atoms with Crippen LogP contribution in [0.5, 0.6) is 0 Å². The first-order valence-corrected chi connectivity index (χ1v) is 15.4. The summed E-state index contributed by atoms with van der Waals surface area (Å²) in [6, 6.07) is 19.0. The second-order valence-electron chi connectivity index (χ2n) is 9.44. The molecule has 2 amide bonds. The van der Waals surface area contributed by atoms with E-state index in [2.05, 4.69) is 5.32 Å². The summed E-state index contributed by atoms with van der Waals surface area (Å²) in [6.45, 7) is 5.83. The Balaban J connectivity index is 2.07. The summed E-state index contributed by atoms with van der Waals surface area (Å²) in [5.74, 6) is -0.826. The zero-order chi connectivity index (χ0) is 29.3. The number of nitrogens with zero attached hydrogens (tertiary/aromatic N) is 2. The lowest BCUT2D eigenvalue weighted by atomic mass is 10.1. The summed E-state index contributed by atoms with van der Waals surface area (Å²) in [4.78, 5) is 28.8. The number of rotatable bonds is 13. The Morgan fingerprint density at radius 2 is 1.62 bits per heavy atom. The lowest BCUT2D eigenvalue weighted by Crippen LogP contribution is -2.52. The van der Waals surface area contributed by atoms with E-state index in [1.165, 1.54) is 29.2 Å². The molecule has 0 aliphatic rings. The SMILES string of the molecule is CCCCNC(=O)[C@H](CC)N(Cc1ccccc1C)C(=O)CN(c1cc(Cl)ccc1Cl)S(=O)(=O)c1ccccc1. The third kappa shape index (κ3) is 7.77. The number of sulfonamides is 1. The minimum atomic E-state index is -4.23. The molecule has 3 rings (SSSR count). The number of carbonyl (C=O) groups is 2. The maximum atomic E-state index is 14.1. The molecular weight excluding hydrogens is 569 g/mol. The smallest absolute Gasteiger partial charge is 0.264 e. The van der Waals surface area contributed by atoms with E-state index < -0.39 is 28.5 Å². The molecule has 0 saturated heterocycles. The van der Waals surface area contributed by atoms with E-state index in [0.29, 0.717) is 13.0 Å². The van der Waals surface area contributed by atoms with Crippen molar-refractivity contribution in [2.75, 3.05) is 17.4 Å². The summed E-state index contributed by atoms with van der Waals surface area (Å²) >= 11 is 12.7. The Morgan fingerprint density at radius 3 is 2.27 bits per heavy atom. The summed E-state index contributed by atoms with van der Waals surface area (Å²) < 4.78 is 28.7. The Morgan fingerprint density at radius 1 is 0.950 bits per heavy atom. The predicted octanol–water partition coefficient (Wildman–Crippen LogP) is 6.22. The maximum absolute atomic E-state index is 14.1. The summed E-state index contributed by atoms with van der Waals surface area (Å²) in [5, 5.41) is 3.30. The van der Waals surface area contributed by atoms with E-state index in [0.717, 1.165) is 28.3 Å². The molecule has 0 aliphatic heterocycles. The quantitative estimate of drug-likeness (QED) is 0.235. The number of carbonyl (C=O) groups excluding carboxylic acids is 2. The van der Waals surface area contributed by atoms with E-state index in [4.69, 9.17) is 23.2 Å². The molecule has 0 radical (unpaired) electrons. The fourth-order valence-corrected chi connectivity index (χ4v) is 6.19. The molecule has 40 heavy (non-hydrogen) atoms. The van der Waals surface area contributed by atoms with Crippen LogP contribution in [0.15, 0.2) is 77.7 Å². The van der Waals surface area contributed by atoms with Crippen molar-refractivity contribution >= 4 is 50.7 Å². The van der Waals surface area contributed by atoms with Crippen LogP contribution in [0.2, 0.25) is 10.0 Å². The minimum absolute atomic E-state index is 0.00588. The van der Waals surface area contributed by atoms with Gasteiger partial charge in [-0.05, 0) is 61.2 Å². The lowest BCUT2D eigenvalue weighted by molar-refractivity contribution is -0.140. The molecule has 7 nitrogen and oxygen atoms in total. The van der Waals surface area contributed by atoms with Crippen LogP contribution in [0.1, 0.15) is 44.2 Å². The highest BCUT2D eigenvalue weighted by Crippen LogP contribution is 2.33. The first kappa shape index (κ1) is 31.5. The van der Waals surface area contributed by atoms with E-state index in [1.807, 2.05) is 45.0 Å². The van der Waals surface area contributed by atoms with Gasteiger partial charge in [0.25, 0.3) is 10.0 Å². The molecule has 0 fully saturated rings. The second kappa shape index (κ2) is 14.5. The van der Waals surface area contributed by atoms with E-state index >= 15 is 0 Å². The highest BCUT2D eigenvalue weighted by molar-refractivity contribution is 7.92. The Bertz CT molecular complexity index is 1420. The van der Waals surface area contributed by atoms with Gasteiger partial charge < -0.3 is 10.2 Å². The lowest BCUT2D eigenvalue weighted by Gasteiger charge is -2.33. The molecule has 0 aromatic heterocycles. The van der Waals surface area contributed by atoms with Gasteiger partial charge in [-0.1, -0.05) is 85.9 Å². The zero-order valence-corrected chi connectivity index (χ0v) is 25.3. The van der Waals surface area contributed by atoms with Gasteiger partial charge >= 0.3 is 0 Å². The topological polar surface area (TPSA) is 86.8 Å². The number of anilines is 1. The van der Waals surface area contributed by atoms with Crippen LogP contribution >= 0.6 is 23.2 Å². The number of hydrogen-bond donors (Lipinski definition) is 1. The number of benzene rings is 3. The van der Waals surface area contributed by atoms with E-state index in [-0.39, 0.29) is 33.1 Å². The van der Waals surface area contributed by atoms with Gasteiger partial charge in [0.15, 0.2) is 0 Å². The molecule has 0 bridgehead atoms. The molecule has 0 spiro atoms. The number of nitrogens with one attached hydrogen (secondary N) is 1. The molecule has 1 N–H and O–H groups in total. The van der Waals surface area contributed by atoms with Crippen LogP contribution in [-0.2, 0) is 26.2 Å². The fraction of sp³-hybridized carbons (Fsp3) is 0.333. The molecule has 214 valence electrons. The van der Waals surface area contributed by atoms with Crippen molar-refractivity contribution in [1.29, 1.82) is 0 Å². The van der Waals surface area contributed by atoms with Gasteiger partial charge in [0.05, 0.1) is 15.6 Å². The normalized spacial score (nSPS) is 12.0. The van der Waals surface area contributed by atoms with Crippen molar-refractivity contribution in [2.45, 2.75) is 57.5 Å². The molecular formula is C30H35Cl2N3O4S. The standard InChI is InChI=1S/C30H35Cl2N3O4S/c1-4-6-18-33-30(37)27(5-2)34(20-23-13-11-10-12-22(23)3)29(36)21-35(28-19-24(31)16-17-26(28)32)40(38,39)25-14-8-7-9-15-25/h7-17,19,27H,4-6,18,20-21H2,1-3H3,(H,33,37)/t27-/m0/s1. The molecule has 0 aliphatic carbocycles. The minimum Gasteiger partial charge on any atom is -0.354 e. The number of halogens is 2. The Labute approximate surface area is 247 Å². The van der Waals surface area contributed by atoms with Crippen molar-refractivity contribution < 1.29 is 18.0 Å². The average molecular weight is 605 g/mol. The van der Waals surface area contributed by atoms with E-state index in [9.17, 15) is 18.0 Å². The first-order valence-electron chi connectivity index (χ1n) is 13.2. The van der Waals surface area contributed by atoms with Crippen LogP contribution in [0.3, 0.4) is 0 Å². The molecule has 3 aromatic rings. The number of aryl methyl sites for hydroxylation is 1. The van der Waals surface area contributed by atoms with Crippen LogP contribution in [0.4, 0.5) is 5.69 Å². The predicted molar refractivity (Wildman–Crippen MR) is 161 cm³/mol. The Kier molecular flexibility index (Phi) is 11.4.